The van der Waals surface area contributed by atoms with Crippen LogP contribution in [0.2, 0.25) is 0 Å². The van der Waals surface area contributed by atoms with E-state index in [0.717, 1.165) is 32.4 Å². The second kappa shape index (κ2) is 6.26. The number of likely N-dealkylation sites (tertiary alicyclic amines) is 1. The van der Waals surface area contributed by atoms with E-state index in [1.165, 1.54) is 4.90 Å². The minimum absolute atomic E-state index is 0.149. The van der Waals surface area contributed by atoms with Crippen LogP contribution < -0.4 is 0 Å². The molecule has 0 radical (unpaired) electrons. The van der Waals surface area contributed by atoms with Gasteiger partial charge in [0.05, 0.1) is 0 Å². The molecule has 0 aromatic carbocycles. The van der Waals surface area contributed by atoms with Gasteiger partial charge in [-0.3, -0.25) is 4.79 Å². The van der Waals surface area contributed by atoms with E-state index in [1.807, 2.05) is 20.8 Å². The van der Waals surface area contributed by atoms with Gasteiger partial charge in [-0.1, -0.05) is 13.3 Å². The minimum Gasteiger partial charge on any atom is -0.480 e. The Balaban J connectivity index is 2.70. The normalized spacial score (nSPS) is 17.4. The van der Waals surface area contributed by atoms with Crippen molar-refractivity contribution in [2.45, 2.75) is 52.5 Å². The fourth-order valence-electron chi connectivity index (χ4n) is 2.43. The van der Waals surface area contributed by atoms with Crippen molar-refractivity contribution in [3.8, 4) is 0 Å². The van der Waals surface area contributed by atoms with Crippen LogP contribution in [-0.2, 0) is 4.79 Å². The smallest absolute Gasteiger partial charge is 0.323 e. The first-order chi connectivity index (χ1) is 8.75. The molecule has 1 N–H and O–H groups in total. The van der Waals surface area contributed by atoms with Gasteiger partial charge in [0.25, 0.3) is 0 Å². The van der Waals surface area contributed by atoms with E-state index < -0.39 is 11.5 Å². The number of hydrogen-bond donors (Lipinski definition) is 1. The lowest BCUT2D eigenvalue weighted by Crippen LogP contribution is -2.55. The fraction of sp³-hybridized carbons (Fsp3) is 0.857. The number of hydrogen-bond acceptors (Lipinski definition) is 2. The molecule has 0 aliphatic carbocycles. The summed E-state index contributed by atoms with van der Waals surface area (Å²) < 4.78 is 0. The molecule has 1 heterocycles. The molecule has 1 aliphatic heterocycles. The van der Waals surface area contributed by atoms with Crippen molar-refractivity contribution in [2.75, 3.05) is 19.6 Å². The van der Waals surface area contributed by atoms with Gasteiger partial charge in [-0.25, -0.2) is 4.79 Å². The summed E-state index contributed by atoms with van der Waals surface area (Å²) in [4.78, 5) is 26.6. The van der Waals surface area contributed by atoms with Gasteiger partial charge in [0.1, 0.15) is 6.54 Å². The maximum atomic E-state index is 12.5. The van der Waals surface area contributed by atoms with Crippen molar-refractivity contribution < 1.29 is 14.7 Å². The Hall–Kier alpha value is -1.26. The van der Waals surface area contributed by atoms with Crippen LogP contribution in [0.25, 0.3) is 0 Å². The number of aliphatic carboxylic acids is 1. The van der Waals surface area contributed by atoms with E-state index in [9.17, 15) is 9.59 Å². The van der Waals surface area contributed by atoms with Gasteiger partial charge in [0.2, 0.25) is 0 Å². The molecular formula is C14H26N2O3. The van der Waals surface area contributed by atoms with Gasteiger partial charge >= 0.3 is 12.0 Å². The van der Waals surface area contributed by atoms with Crippen molar-refractivity contribution >= 4 is 12.0 Å². The van der Waals surface area contributed by atoms with E-state index in [-0.39, 0.29) is 12.6 Å². The molecule has 0 atom stereocenters. The molecule has 0 bridgehead atoms. The molecule has 1 aliphatic rings. The Bertz CT molecular complexity index is 328. The topological polar surface area (TPSA) is 60.9 Å². The third-order valence-corrected chi connectivity index (χ3v) is 3.80. The fourth-order valence-corrected chi connectivity index (χ4v) is 2.43. The number of carbonyl (C=O) groups is 2. The van der Waals surface area contributed by atoms with Crippen LogP contribution in [0.1, 0.15) is 47.0 Å². The third kappa shape index (κ3) is 4.40. The number of urea groups is 1. The van der Waals surface area contributed by atoms with Crippen LogP contribution in [0, 0.1) is 5.92 Å². The molecule has 5 nitrogen and oxygen atoms in total. The first-order valence-corrected chi connectivity index (χ1v) is 7.04. The average Bonchev–Trinajstić information content (AvgIpc) is 2.34. The quantitative estimate of drug-likeness (QED) is 0.856. The van der Waals surface area contributed by atoms with Gasteiger partial charge < -0.3 is 14.9 Å². The van der Waals surface area contributed by atoms with Crippen molar-refractivity contribution in [1.29, 1.82) is 0 Å². The number of nitrogens with zero attached hydrogens (tertiary/aromatic N) is 2. The predicted molar refractivity (Wildman–Crippen MR) is 74.1 cm³/mol. The summed E-state index contributed by atoms with van der Waals surface area (Å²) in [6.07, 6.45) is 3.20. The maximum Gasteiger partial charge on any atom is 0.323 e. The standard InChI is InChI=1S/C14H26N2O3/c1-5-11-6-8-15(9-7-11)13(19)16(10-12(17)18)14(2,3)4/h11H,5-10H2,1-4H3,(H,17,18). The molecule has 0 aromatic heterocycles. The van der Waals surface area contributed by atoms with Crippen LogP contribution in [0.15, 0.2) is 0 Å². The number of amides is 2. The second-order valence-electron chi connectivity index (χ2n) is 6.27. The predicted octanol–water partition coefficient (Wildman–Crippen LogP) is 2.41. The molecule has 0 unspecified atom stereocenters. The Kier molecular flexibility index (Phi) is 5.20. The Morgan fingerprint density at radius 2 is 1.79 bits per heavy atom. The lowest BCUT2D eigenvalue weighted by Gasteiger charge is -2.40. The Labute approximate surface area is 115 Å². The second-order valence-corrected chi connectivity index (χ2v) is 6.27. The molecule has 0 aromatic rings. The largest absolute Gasteiger partial charge is 0.480 e. The highest BCUT2D eigenvalue weighted by atomic mass is 16.4. The van der Waals surface area contributed by atoms with Crippen LogP contribution >= 0.6 is 0 Å². The monoisotopic (exact) mass is 270 g/mol. The van der Waals surface area contributed by atoms with E-state index in [4.69, 9.17) is 5.11 Å². The van der Waals surface area contributed by atoms with Crippen LogP contribution in [0.4, 0.5) is 4.79 Å². The Morgan fingerprint density at radius 3 is 2.16 bits per heavy atom. The summed E-state index contributed by atoms with van der Waals surface area (Å²) in [6, 6.07) is -0.149. The van der Waals surface area contributed by atoms with E-state index in [1.54, 1.807) is 4.90 Å². The molecule has 1 fully saturated rings. The molecule has 5 heteroatoms. The first kappa shape index (κ1) is 15.8. The van der Waals surface area contributed by atoms with Crippen LogP contribution in [-0.4, -0.2) is 52.1 Å². The summed E-state index contributed by atoms with van der Waals surface area (Å²) in [7, 11) is 0. The first-order valence-electron chi connectivity index (χ1n) is 7.04. The summed E-state index contributed by atoms with van der Waals surface area (Å²) in [5.41, 5.74) is -0.475. The molecule has 2 amide bonds. The molecule has 1 saturated heterocycles. The number of carbonyl (C=O) groups excluding carboxylic acids is 1. The molecule has 0 spiro atoms. The molecule has 0 saturated carbocycles. The lowest BCUT2D eigenvalue weighted by atomic mass is 9.94. The van der Waals surface area contributed by atoms with E-state index >= 15 is 0 Å². The summed E-state index contributed by atoms with van der Waals surface area (Å²) in [5, 5.41) is 8.96. The minimum atomic E-state index is -0.966. The lowest BCUT2D eigenvalue weighted by molar-refractivity contribution is -0.138. The van der Waals surface area contributed by atoms with Crippen molar-refractivity contribution in [2.24, 2.45) is 5.92 Å². The van der Waals surface area contributed by atoms with Gasteiger partial charge in [-0.15, -0.1) is 0 Å². The Morgan fingerprint density at radius 1 is 1.26 bits per heavy atom. The van der Waals surface area contributed by atoms with Crippen molar-refractivity contribution in [1.82, 2.24) is 9.80 Å². The average molecular weight is 270 g/mol. The van der Waals surface area contributed by atoms with E-state index in [2.05, 4.69) is 6.92 Å². The zero-order chi connectivity index (χ0) is 14.6. The number of carboxylic acids is 1. The zero-order valence-corrected chi connectivity index (χ0v) is 12.5. The molecular weight excluding hydrogens is 244 g/mol. The highest BCUT2D eigenvalue weighted by Gasteiger charge is 2.33. The maximum absolute atomic E-state index is 12.5. The van der Waals surface area contributed by atoms with Gasteiger partial charge in [0, 0.05) is 18.6 Å². The summed E-state index contributed by atoms with van der Waals surface area (Å²) in [6.45, 7) is 9.02. The summed E-state index contributed by atoms with van der Waals surface area (Å²) in [5.74, 6) is -0.265. The van der Waals surface area contributed by atoms with Crippen LogP contribution in [0.5, 0.6) is 0 Å². The number of piperidine rings is 1. The summed E-state index contributed by atoms with van der Waals surface area (Å²) >= 11 is 0. The molecule has 1 rings (SSSR count). The molecule has 110 valence electrons. The SMILES string of the molecule is CCC1CCN(C(=O)N(CC(=O)O)C(C)(C)C)CC1. The highest BCUT2D eigenvalue weighted by molar-refractivity contribution is 5.81. The van der Waals surface area contributed by atoms with Gasteiger partial charge in [-0.05, 0) is 39.5 Å². The third-order valence-electron chi connectivity index (χ3n) is 3.80. The van der Waals surface area contributed by atoms with Gasteiger partial charge in [-0.2, -0.15) is 0 Å². The van der Waals surface area contributed by atoms with Crippen molar-refractivity contribution in [3.63, 3.8) is 0 Å². The zero-order valence-electron chi connectivity index (χ0n) is 12.5. The number of rotatable bonds is 3. The highest BCUT2D eigenvalue weighted by Crippen LogP contribution is 2.23. The van der Waals surface area contributed by atoms with E-state index in [0.29, 0.717) is 5.92 Å². The van der Waals surface area contributed by atoms with Crippen LogP contribution in [0.3, 0.4) is 0 Å². The van der Waals surface area contributed by atoms with Gasteiger partial charge in [0.15, 0.2) is 0 Å². The van der Waals surface area contributed by atoms with Crippen molar-refractivity contribution in [3.05, 3.63) is 0 Å². The number of carboxylic acid groups (broad SMARTS) is 1. The molecule has 19 heavy (non-hydrogen) atoms.